The number of nitrogens with one attached hydrogen (secondary N) is 2. The molecule has 0 spiro atoms. The van der Waals surface area contributed by atoms with E-state index < -0.39 is 0 Å². The van der Waals surface area contributed by atoms with Crippen LogP contribution in [0.15, 0.2) is 24.3 Å². The fourth-order valence-corrected chi connectivity index (χ4v) is 3.20. The van der Waals surface area contributed by atoms with Crippen LogP contribution < -0.4 is 15.0 Å². The average Bonchev–Trinajstić information content (AvgIpc) is 2.66. The van der Waals surface area contributed by atoms with Crippen LogP contribution in [0.3, 0.4) is 0 Å². The highest BCUT2D eigenvalue weighted by atomic mass is 32.1. The first kappa shape index (κ1) is 20.6. The fourth-order valence-electron chi connectivity index (χ4n) is 2.93. The van der Waals surface area contributed by atoms with Gasteiger partial charge >= 0.3 is 0 Å². The lowest BCUT2D eigenvalue weighted by Crippen LogP contribution is -3.15. The highest BCUT2D eigenvalue weighted by Crippen LogP contribution is 2.13. The topological polar surface area (TPSA) is 66.2 Å². The molecule has 1 heterocycles. The normalized spacial score (nSPS) is 14.9. The Bertz CT molecular complexity index is 572. The number of quaternary nitrogens is 1. The Morgan fingerprint density at radius 3 is 2.58 bits per heavy atom. The monoisotopic (exact) mass is 380 g/mol. The smallest absolute Gasteiger partial charge is 0.257 e. The van der Waals surface area contributed by atoms with Crippen molar-refractivity contribution in [3.8, 4) is 5.75 Å². The number of benzene rings is 1. The molecule has 6 nitrogen and oxygen atoms in total. The minimum Gasteiger partial charge on any atom is -0.494 e. The maximum atomic E-state index is 12.4. The van der Waals surface area contributed by atoms with E-state index in [1.54, 1.807) is 12.1 Å². The first-order valence-corrected chi connectivity index (χ1v) is 9.82. The maximum Gasteiger partial charge on any atom is 0.257 e. The lowest BCUT2D eigenvalue weighted by Gasteiger charge is -2.33. The Balaban J connectivity index is 1.77. The van der Waals surface area contributed by atoms with E-state index in [0.29, 0.717) is 17.3 Å². The zero-order chi connectivity index (χ0) is 18.8. The number of nitrogens with zero attached hydrogens (tertiary/aromatic N) is 1. The van der Waals surface area contributed by atoms with Gasteiger partial charge in [0.25, 0.3) is 5.91 Å². The molecule has 1 fully saturated rings. The number of rotatable bonds is 8. The van der Waals surface area contributed by atoms with Gasteiger partial charge in [-0.1, -0.05) is 19.8 Å². The van der Waals surface area contributed by atoms with Crippen LogP contribution in [0.25, 0.3) is 0 Å². The zero-order valence-corrected chi connectivity index (χ0v) is 16.3. The Morgan fingerprint density at radius 1 is 1.27 bits per heavy atom. The van der Waals surface area contributed by atoms with Crippen molar-refractivity contribution in [1.82, 2.24) is 10.2 Å². The average molecular weight is 381 g/mol. The van der Waals surface area contributed by atoms with E-state index in [2.05, 4.69) is 12.2 Å². The van der Waals surface area contributed by atoms with Crippen LogP contribution in [0.5, 0.6) is 5.75 Å². The van der Waals surface area contributed by atoms with Gasteiger partial charge in [0.1, 0.15) is 12.3 Å². The third-order valence-corrected chi connectivity index (χ3v) is 4.94. The minimum atomic E-state index is -0.197. The Hall–Kier alpha value is -1.70. The van der Waals surface area contributed by atoms with Crippen molar-refractivity contribution in [3.63, 3.8) is 0 Å². The standard InChI is InChI=1S/C19H29N3O3S/c1-2-3-4-15-25-17-7-5-16(6-8-17)18(24)20-19(26)22-11-9-21(10-12-22)13-14-23/h5-8,23H,2-4,9-15H2,1H3,(H,20,24,26)/p+1. The zero-order valence-electron chi connectivity index (χ0n) is 15.5. The number of unbranched alkanes of at least 4 members (excludes halogenated alkanes) is 2. The summed E-state index contributed by atoms with van der Waals surface area (Å²) in [6, 6.07) is 7.16. The number of carbonyl (C=O) groups excluding carboxylic acids is 1. The summed E-state index contributed by atoms with van der Waals surface area (Å²) in [5.74, 6) is 0.584. The van der Waals surface area contributed by atoms with Crippen LogP contribution in [0, 0.1) is 0 Å². The second kappa shape index (κ2) is 11.1. The second-order valence-electron chi connectivity index (χ2n) is 6.55. The predicted molar refractivity (Wildman–Crippen MR) is 106 cm³/mol. The molecule has 0 aliphatic carbocycles. The quantitative estimate of drug-likeness (QED) is 0.452. The number of aliphatic hydroxyl groups excluding tert-OH is 1. The highest BCUT2D eigenvalue weighted by Gasteiger charge is 2.22. The number of carbonyl (C=O) groups is 1. The molecule has 2 rings (SSSR count). The summed E-state index contributed by atoms with van der Waals surface area (Å²) in [5, 5.41) is 12.3. The summed E-state index contributed by atoms with van der Waals surface area (Å²) in [6.07, 6.45) is 3.37. The molecule has 1 aromatic carbocycles. The van der Waals surface area contributed by atoms with Gasteiger partial charge in [0.2, 0.25) is 0 Å². The summed E-state index contributed by atoms with van der Waals surface area (Å²) < 4.78 is 5.66. The maximum absolute atomic E-state index is 12.4. The molecule has 1 aromatic rings. The van der Waals surface area contributed by atoms with Gasteiger partial charge in [-0.15, -0.1) is 0 Å². The molecule has 1 saturated heterocycles. The molecule has 1 amide bonds. The largest absolute Gasteiger partial charge is 0.494 e. The van der Waals surface area contributed by atoms with Gasteiger partial charge in [-0.05, 0) is 42.9 Å². The van der Waals surface area contributed by atoms with Crippen LogP contribution in [0.1, 0.15) is 36.5 Å². The fraction of sp³-hybridized carbons (Fsp3) is 0.579. The van der Waals surface area contributed by atoms with Crippen molar-refractivity contribution in [2.45, 2.75) is 26.2 Å². The number of aliphatic hydroxyl groups is 1. The summed E-state index contributed by atoms with van der Waals surface area (Å²) in [7, 11) is 0. The van der Waals surface area contributed by atoms with Gasteiger partial charge in [0, 0.05) is 5.56 Å². The number of thiocarbonyl (C=S) groups is 1. The molecular weight excluding hydrogens is 350 g/mol. The number of amides is 1. The molecule has 0 bridgehead atoms. The van der Waals surface area contributed by atoms with Crippen LogP contribution in [-0.2, 0) is 0 Å². The van der Waals surface area contributed by atoms with E-state index >= 15 is 0 Å². The summed E-state index contributed by atoms with van der Waals surface area (Å²) >= 11 is 5.37. The summed E-state index contributed by atoms with van der Waals surface area (Å²) in [5.41, 5.74) is 0.567. The molecule has 0 aromatic heterocycles. The predicted octanol–water partition coefficient (Wildman–Crippen LogP) is 0.463. The van der Waals surface area contributed by atoms with Crippen LogP contribution in [0.4, 0.5) is 0 Å². The molecular formula is C19H30N3O3S+. The van der Waals surface area contributed by atoms with Gasteiger partial charge in [-0.2, -0.15) is 0 Å². The molecule has 0 radical (unpaired) electrons. The second-order valence-corrected chi connectivity index (χ2v) is 6.94. The molecule has 0 saturated carbocycles. The van der Waals surface area contributed by atoms with Crippen LogP contribution in [0.2, 0.25) is 0 Å². The Kier molecular flexibility index (Phi) is 8.80. The molecule has 0 atom stereocenters. The van der Waals surface area contributed by atoms with Gasteiger partial charge in [-0.3, -0.25) is 10.1 Å². The molecule has 0 unspecified atom stereocenters. The number of ether oxygens (including phenoxy) is 1. The third kappa shape index (κ3) is 6.55. The van der Waals surface area contributed by atoms with Gasteiger partial charge in [-0.25, -0.2) is 0 Å². The molecule has 144 valence electrons. The molecule has 1 aliphatic rings. The highest BCUT2D eigenvalue weighted by molar-refractivity contribution is 7.80. The molecule has 1 aliphatic heterocycles. The lowest BCUT2D eigenvalue weighted by molar-refractivity contribution is -0.904. The number of hydrogen-bond acceptors (Lipinski definition) is 4. The molecule has 3 N–H and O–H groups in total. The Morgan fingerprint density at radius 2 is 1.96 bits per heavy atom. The third-order valence-electron chi connectivity index (χ3n) is 4.58. The molecule has 7 heteroatoms. The SMILES string of the molecule is CCCCCOc1ccc(C(=O)NC(=S)N2CC[NH+](CCO)CC2)cc1. The molecule has 26 heavy (non-hydrogen) atoms. The van der Waals surface area contributed by atoms with E-state index in [4.69, 9.17) is 22.1 Å². The first-order chi connectivity index (χ1) is 12.6. The van der Waals surface area contributed by atoms with Gasteiger partial charge in [0.05, 0.1) is 39.4 Å². The van der Waals surface area contributed by atoms with E-state index in [9.17, 15) is 4.79 Å². The first-order valence-electron chi connectivity index (χ1n) is 9.41. The van der Waals surface area contributed by atoms with Crippen LogP contribution >= 0.6 is 12.2 Å². The number of piperazine rings is 1. The summed E-state index contributed by atoms with van der Waals surface area (Å²) in [4.78, 5) is 15.8. The van der Waals surface area contributed by atoms with Crippen molar-refractivity contribution in [1.29, 1.82) is 0 Å². The van der Waals surface area contributed by atoms with E-state index in [0.717, 1.165) is 51.3 Å². The van der Waals surface area contributed by atoms with E-state index in [1.807, 2.05) is 17.0 Å². The lowest BCUT2D eigenvalue weighted by atomic mass is 10.2. The van der Waals surface area contributed by atoms with Crippen molar-refractivity contribution >= 4 is 23.2 Å². The van der Waals surface area contributed by atoms with E-state index in [1.165, 1.54) is 11.3 Å². The van der Waals surface area contributed by atoms with Crippen molar-refractivity contribution in [3.05, 3.63) is 29.8 Å². The Labute approximate surface area is 161 Å². The van der Waals surface area contributed by atoms with Crippen LogP contribution in [-0.4, -0.2) is 67.0 Å². The minimum absolute atomic E-state index is 0.197. The van der Waals surface area contributed by atoms with Gasteiger partial charge < -0.3 is 19.6 Å². The van der Waals surface area contributed by atoms with Gasteiger partial charge in [0.15, 0.2) is 5.11 Å². The van der Waals surface area contributed by atoms with E-state index in [-0.39, 0.29) is 12.5 Å². The summed E-state index contributed by atoms with van der Waals surface area (Å²) in [6.45, 7) is 7.25. The number of hydrogen-bond donors (Lipinski definition) is 3. The van der Waals surface area contributed by atoms with Crippen molar-refractivity contribution < 1.29 is 19.5 Å². The van der Waals surface area contributed by atoms with Crippen molar-refractivity contribution in [2.24, 2.45) is 0 Å². The van der Waals surface area contributed by atoms with Crippen molar-refractivity contribution in [2.75, 3.05) is 45.9 Å².